The molecule has 2 aromatic carbocycles. The summed E-state index contributed by atoms with van der Waals surface area (Å²) in [5.74, 6) is 0.229. The monoisotopic (exact) mass is 457 g/mol. The number of thioether (sulfide) groups is 1. The SMILES string of the molecule is O=C(CCCSC[C@H](NC(=O)CCCc1ccccc1)C(=O)NCc1ccccc1)NO. The van der Waals surface area contributed by atoms with E-state index in [-0.39, 0.29) is 18.2 Å². The van der Waals surface area contributed by atoms with Gasteiger partial charge in [-0.3, -0.25) is 19.6 Å². The number of carbonyl (C=O) groups is 3. The molecule has 0 saturated carbocycles. The van der Waals surface area contributed by atoms with Crippen LogP contribution in [0.5, 0.6) is 0 Å². The fourth-order valence-electron chi connectivity index (χ4n) is 3.05. The van der Waals surface area contributed by atoms with Gasteiger partial charge >= 0.3 is 0 Å². The van der Waals surface area contributed by atoms with Crippen LogP contribution in [0.3, 0.4) is 0 Å². The first-order chi connectivity index (χ1) is 15.6. The second kappa shape index (κ2) is 15.0. The predicted octanol–water partition coefficient (Wildman–Crippen LogP) is 2.83. The maximum absolute atomic E-state index is 12.7. The summed E-state index contributed by atoms with van der Waals surface area (Å²) in [5.41, 5.74) is 3.77. The average molecular weight is 458 g/mol. The van der Waals surface area contributed by atoms with Gasteiger partial charge in [0.2, 0.25) is 17.7 Å². The lowest BCUT2D eigenvalue weighted by molar-refractivity contribution is -0.129. The largest absolute Gasteiger partial charge is 0.350 e. The molecular formula is C24H31N3O4S. The normalized spacial score (nSPS) is 11.4. The van der Waals surface area contributed by atoms with E-state index >= 15 is 0 Å². The molecule has 0 fully saturated rings. The Balaban J connectivity index is 1.81. The molecule has 0 bridgehead atoms. The summed E-state index contributed by atoms with van der Waals surface area (Å²) in [7, 11) is 0. The van der Waals surface area contributed by atoms with Crippen LogP contribution in [0.25, 0.3) is 0 Å². The van der Waals surface area contributed by atoms with E-state index in [2.05, 4.69) is 10.6 Å². The molecule has 0 heterocycles. The summed E-state index contributed by atoms with van der Waals surface area (Å²) in [6, 6.07) is 18.9. The van der Waals surface area contributed by atoms with Gasteiger partial charge in [0, 0.05) is 25.1 Å². The van der Waals surface area contributed by atoms with Crippen molar-refractivity contribution in [3.8, 4) is 0 Å². The van der Waals surface area contributed by atoms with Crippen molar-refractivity contribution in [1.82, 2.24) is 16.1 Å². The van der Waals surface area contributed by atoms with E-state index in [9.17, 15) is 14.4 Å². The van der Waals surface area contributed by atoms with Gasteiger partial charge in [-0.25, -0.2) is 5.48 Å². The lowest BCUT2D eigenvalue weighted by atomic mass is 10.1. The predicted molar refractivity (Wildman–Crippen MR) is 126 cm³/mol. The molecule has 4 N–H and O–H groups in total. The molecule has 0 spiro atoms. The summed E-state index contributed by atoms with van der Waals surface area (Å²) < 4.78 is 0. The molecule has 2 rings (SSSR count). The molecule has 0 radical (unpaired) electrons. The second-order valence-corrected chi connectivity index (χ2v) is 8.53. The standard InChI is InChI=1S/C24H31N3O4S/c28-22(14-7-13-19-9-3-1-4-10-19)26-21(18-32-16-8-15-23(29)27-31)24(30)25-17-20-11-5-2-6-12-20/h1-6,9-12,21,31H,7-8,13-18H2,(H,25,30)(H,26,28)(H,27,29)/t21-/m0/s1. The van der Waals surface area contributed by atoms with Crippen LogP contribution in [0.2, 0.25) is 0 Å². The third-order valence-corrected chi connectivity index (χ3v) is 5.92. The molecule has 32 heavy (non-hydrogen) atoms. The third-order valence-electron chi connectivity index (χ3n) is 4.78. The number of amides is 3. The molecular weight excluding hydrogens is 426 g/mol. The maximum atomic E-state index is 12.7. The zero-order chi connectivity index (χ0) is 23.0. The van der Waals surface area contributed by atoms with Crippen LogP contribution in [0, 0.1) is 0 Å². The Morgan fingerprint density at radius 3 is 2.12 bits per heavy atom. The summed E-state index contributed by atoms with van der Waals surface area (Å²) in [6.45, 7) is 0.390. The van der Waals surface area contributed by atoms with Crippen LogP contribution in [0.1, 0.15) is 36.8 Å². The van der Waals surface area contributed by atoms with E-state index in [1.807, 2.05) is 60.7 Å². The van der Waals surface area contributed by atoms with Gasteiger partial charge < -0.3 is 10.6 Å². The van der Waals surface area contributed by atoms with E-state index < -0.39 is 11.9 Å². The van der Waals surface area contributed by atoms with Crippen LogP contribution < -0.4 is 16.1 Å². The fraction of sp³-hybridized carbons (Fsp3) is 0.375. The highest BCUT2D eigenvalue weighted by Gasteiger charge is 2.20. The Kier molecular flexibility index (Phi) is 12.0. The molecule has 2 aromatic rings. The highest BCUT2D eigenvalue weighted by atomic mass is 32.2. The first kappa shape index (κ1) is 25.4. The number of aryl methyl sites for hydroxylation is 1. The summed E-state index contributed by atoms with van der Waals surface area (Å²) in [4.78, 5) is 36.3. The minimum absolute atomic E-state index is 0.152. The van der Waals surface area contributed by atoms with Gasteiger partial charge in [0.25, 0.3) is 0 Å². The summed E-state index contributed by atoms with van der Waals surface area (Å²) in [6.07, 6.45) is 2.64. The van der Waals surface area contributed by atoms with Crippen LogP contribution in [-0.2, 0) is 27.3 Å². The van der Waals surface area contributed by atoms with Gasteiger partial charge in [0.05, 0.1) is 0 Å². The Morgan fingerprint density at radius 2 is 1.47 bits per heavy atom. The zero-order valence-corrected chi connectivity index (χ0v) is 18.9. The van der Waals surface area contributed by atoms with E-state index in [1.54, 1.807) is 5.48 Å². The van der Waals surface area contributed by atoms with Gasteiger partial charge in [-0.05, 0) is 36.1 Å². The summed E-state index contributed by atoms with van der Waals surface area (Å²) in [5, 5.41) is 14.3. The van der Waals surface area contributed by atoms with Crippen LogP contribution in [-0.4, -0.2) is 40.5 Å². The molecule has 0 aromatic heterocycles. The first-order valence-electron chi connectivity index (χ1n) is 10.7. The summed E-state index contributed by atoms with van der Waals surface area (Å²) >= 11 is 1.49. The van der Waals surface area contributed by atoms with Gasteiger partial charge in [-0.15, -0.1) is 0 Å². The molecule has 0 unspecified atom stereocenters. The molecule has 0 saturated heterocycles. The Morgan fingerprint density at radius 1 is 0.844 bits per heavy atom. The van der Waals surface area contributed by atoms with Crippen LogP contribution in [0.15, 0.2) is 60.7 Å². The second-order valence-electron chi connectivity index (χ2n) is 7.38. The fourth-order valence-corrected chi connectivity index (χ4v) is 4.03. The number of nitrogens with one attached hydrogen (secondary N) is 3. The Bertz CT molecular complexity index is 834. The van der Waals surface area contributed by atoms with Crippen molar-refractivity contribution in [1.29, 1.82) is 0 Å². The van der Waals surface area contributed by atoms with Gasteiger partial charge in [-0.2, -0.15) is 11.8 Å². The number of benzene rings is 2. The Hall–Kier alpha value is -2.84. The zero-order valence-electron chi connectivity index (χ0n) is 18.1. The number of hydrogen-bond donors (Lipinski definition) is 4. The van der Waals surface area contributed by atoms with E-state index in [1.165, 1.54) is 17.3 Å². The molecule has 172 valence electrons. The number of carbonyl (C=O) groups excluding carboxylic acids is 3. The Labute approximate surface area is 193 Å². The van der Waals surface area contributed by atoms with Crippen molar-refractivity contribution < 1.29 is 19.6 Å². The van der Waals surface area contributed by atoms with E-state index in [0.29, 0.717) is 37.3 Å². The van der Waals surface area contributed by atoms with E-state index in [4.69, 9.17) is 5.21 Å². The van der Waals surface area contributed by atoms with Crippen molar-refractivity contribution in [2.75, 3.05) is 11.5 Å². The van der Waals surface area contributed by atoms with Crippen molar-refractivity contribution in [3.63, 3.8) is 0 Å². The number of hydroxylamine groups is 1. The molecule has 1 atom stereocenters. The smallest absolute Gasteiger partial charge is 0.243 e. The van der Waals surface area contributed by atoms with Crippen molar-refractivity contribution in [3.05, 3.63) is 71.8 Å². The van der Waals surface area contributed by atoms with Gasteiger partial charge in [0.15, 0.2) is 0 Å². The lowest BCUT2D eigenvalue weighted by Crippen LogP contribution is -2.48. The van der Waals surface area contributed by atoms with E-state index in [0.717, 1.165) is 12.0 Å². The van der Waals surface area contributed by atoms with Gasteiger partial charge in [-0.1, -0.05) is 60.7 Å². The highest BCUT2D eigenvalue weighted by Crippen LogP contribution is 2.09. The van der Waals surface area contributed by atoms with Crippen molar-refractivity contribution in [2.45, 2.75) is 44.7 Å². The number of hydrogen-bond acceptors (Lipinski definition) is 5. The molecule has 0 aliphatic carbocycles. The van der Waals surface area contributed by atoms with Crippen LogP contribution in [0.4, 0.5) is 0 Å². The molecule has 8 heteroatoms. The average Bonchev–Trinajstić information content (AvgIpc) is 2.82. The molecule has 3 amide bonds. The minimum Gasteiger partial charge on any atom is -0.350 e. The maximum Gasteiger partial charge on any atom is 0.243 e. The van der Waals surface area contributed by atoms with Crippen LogP contribution >= 0.6 is 11.8 Å². The lowest BCUT2D eigenvalue weighted by Gasteiger charge is -2.18. The molecule has 7 nitrogen and oxygen atoms in total. The molecule has 0 aliphatic rings. The quantitative estimate of drug-likeness (QED) is 0.198. The first-order valence-corrected chi connectivity index (χ1v) is 11.9. The van der Waals surface area contributed by atoms with Crippen molar-refractivity contribution >= 4 is 29.5 Å². The molecule has 0 aliphatic heterocycles. The topological polar surface area (TPSA) is 108 Å². The van der Waals surface area contributed by atoms with Crippen molar-refractivity contribution in [2.24, 2.45) is 0 Å². The minimum atomic E-state index is -0.653. The van der Waals surface area contributed by atoms with Gasteiger partial charge in [0.1, 0.15) is 6.04 Å². The number of rotatable bonds is 14. The highest BCUT2D eigenvalue weighted by molar-refractivity contribution is 7.99. The third kappa shape index (κ3) is 10.5.